The fourth-order valence-electron chi connectivity index (χ4n) is 3.94. The minimum atomic E-state index is 0.427. The summed E-state index contributed by atoms with van der Waals surface area (Å²) in [7, 11) is 0. The molecule has 0 spiro atoms. The third kappa shape index (κ3) is 2.87. The van der Waals surface area contributed by atoms with Gasteiger partial charge in [-0.15, -0.1) is 0 Å². The van der Waals surface area contributed by atoms with Crippen LogP contribution in [0.4, 0.5) is 0 Å². The van der Waals surface area contributed by atoms with Crippen LogP contribution in [0.2, 0.25) is 0 Å². The van der Waals surface area contributed by atoms with E-state index in [0.717, 1.165) is 25.9 Å². The van der Waals surface area contributed by atoms with Crippen LogP contribution in [0.1, 0.15) is 57.8 Å². The number of hydrogen-bond acceptors (Lipinski definition) is 2. The van der Waals surface area contributed by atoms with Crippen LogP contribution < -0.4 is 5.32 Å². The SMILES string of the molecule is O=C(CC1CCCCC1)N1CCC2CCC(C1)N2. The van der Waals surface area contributed by atoms with Crippen LogP contribution in [-0.2, 0) is 4.79 Å². The van der Waals surface area contributed by atoms with Crippen LogP contribution in [0.5, 0.6) is 0 Å². The van der Waals surface area contributed by atoms with E-state index in [1.165, 1.54) is 44.9 Å². The Labute approximate surface area is 110 Å². The van der Waals surface area contributed by atoms with Gasteiger partial charge in [0.2, 0.25) is 5.91 Å². The summed E-state index contributed by atoms with van der Waals surface area (Å²) in [6.07, 6.45) is 11.2. The van der Waals surface area contributed by atoms with Crippen molar-refractivity contribution in [3.63, 3.8) is 0 Å². The van der Waals surface area contributed by atoms with Gasteiger partial charge in [-0.3, -0.25) is 4.79 Å². The van der Waals surface area contributed by atoms with E-state index in [1.807, 2.05) is 0 Å². The lowest BCUT2D eigenvalue weighted by Crippen LogP contribution is -2.39. The van der Waals surface area contributed by atoms with Gasteiger partial charge in [0, 0.05) is 31.6 Å². The van der Waals surface area contributed by atoms with Crippen molar-refractivity contribution in [3.8, 4) is 0 Å². The maximum atomic E-state index is 12.4. The van der Waals surface area contributed by atoms with Gasteiger partial charge >= 0.3 is 0 Å². The van der Waals surface area contributed by atoms with E-state index in [9.17, 15) is 4.79 Å². The first-order valence-electron chi connectivity index (χ1n) is 7.85. The normalized spacial score (nSPS) is 33.4. The maximum Gasteiger partial charge on any atom is 0.222 e. The second-order valence-corrected chi connectivity index (χ2v) is 6.47. The van der Waals surface area contributed by atoms with Crippen LogP contribution in [-0.4, -0.2) is 36.0 Å². The van der Waals surface area contributed by atoms with Gasteiger partial charge in [-0.1, -0.05) is 19.3 Å². The Morgan fingerprint density at radius 2 is 1.78 bits per heavy atom. The Hall–Kier alpha value is -0.570. The Bertz CT molecular complexity index is 299. The topological polar surface area (TPSA) is 32.3 Å². The largest absolute Gasteiger partial charge is 0.341 e. The van der Waals surface area contributed by atoms with Crippen molar-refractivity contribution in [2.24, 2.45) is 5.92 Å². The zero-order chi connectivity index (χ0) is 12.4. The van der Waals surface area contributed by atoms with Crippen molar-refractivity contribution in [1.29, 1.82) is 0 Å². The molecule has 2 atom stereocenters. The molecule has 0 aromatic carbocycles. The van der Waals surface area contributed by atoms with Gasteiger partial charge in [-0.25, -0.2) is 0 Å². The molecule has 0 aromatic rings. The molecule has 3 fully saturated rings. The van der Waals surface area contributed by atoms with Crippen LogP contribution in [0.3, 0.4) is 0 Å². The third-order valence-corrected chi connectivity index (χ3v) is 5.06. The number of likely N-dealkylation sites (tertiary alicyclic amines) is 1. The molecule has 2 bridgehead atoms. The number of hydrogen-bond donors (Lipinski definition) is 1. The van der Waals surface area contributed by atoms with Crippen LogP contribution in [0.15, 0.2) is 0 Å². The van der Waals surface area contributed by atoms with Crippen LogP contribution in [0, 0.1) is 5.92 Å². The molecule has 1 N–H and O–H groups in total. The Kier molecular flexibility index (Phi) is 3.88. The van der Waals surface area contributed by atoms with E-state index in [4.69, 9.17) is 0 Å². The second kappa shape index (κ2) is 5.60. The number of rotatable bonds is 2. The van der Waals surface area contributed by atoms with Crippen molar-refractivity contribution in [2.45, 2.75) is 69.9 Å². The Balaban J connectivity index is 1.52. The number of fused-ring (bicyclic) bond motifs is 2. The van der Waals surface area contributed by atoms with E-state index in [1.54, 1.807) is 0 Å². The first-order valence-corrected chi connectivity index (χ1v) is 7.85. The molecule has 102 valence electrons. The molecule has 1 amide bonds. The number of nitrogens with one attached hydrogen (secondary N) is 1. The fraction of sp³-hybridized carbons (Fsp3) is 0.933. The molecule has 2 saturated heterocycles. The van der Waals surface area contributed by atoms with Gasteiger partial charge in [0.05, 0.1) is 0 Å². The molecule has 0 radical (unpaired) electrons. The molecule has 1 aliphatic carbocycles. The summed E-state index contributed by atoms with van der Waals surface area (Å²) in [5, 5.41) is 3.65. The van der Waals surface area contributed by atoms with Gasteiger partial charge in [-0.05, 0) is 38.0 Å². The van der Waals surface area contributed by atoms with Gasteiger partial charge in [-0.2, -0.15) is 0 Å². The van der Waals surface area contributed by atoms with Crippen molar-refractivity contribution >= 4 is 5.91 Å². The molecular weight excluding hydrogens is 224 g/mol. The predicted molar refractivity (Wildman–Crippen MR) is 72.3 cm³/mol. The second-order valence-electron chi connectivity index (χ2n) is 6.47. The van der Waals surface area contributed by atoms with E-state index < -0.39 is 0 Å². The highest BCUT2D eigenvalue weighted by molar-refractivity contribution is 5.76. The highest BCUT2D eigenvalue weighted by atomic mass is 16.2. The first kappa shape index (κ1) is 12.5. The molecule has 1 saturated carbocycles. The number of nitrogens with zero attached hydrogens (tertiary/aromatic N) is 1. The molecule has 3 heteroatoms. The standard InChI is InChI=1S/C15H26N2O/c18-15(10-12-4-2-1-3-5-12)17-9-8-13-6-7-14(11-17)16-13/h12-14,16H,1-11H2. The summed E-state index contributed by atoms with van der Waals surface area (Å²) in [4.78, 5) is 14.5. The zero-order valence-electron chi connectivity index (χ0n) is 11.4. The summed E-state index contributed by atoms with van der Waals surface area (Å²) in [5.41, 5.74) is 0. The number of carbonyl (C=O) groups excluding carboxylic acids is 1. The van der Waals surface area contributed by atoms with Gasteiger partial charge < -0.3 is 10.2 Å². The van der Waals surface area contributed by atoms with E-state index in [-0.39, 0.29) is 0 Å². The average Bonchev–Trinajstić information content (AvgIpc) is 2.70. The zero-order valence-corrected chi connectivity index (χ0v) is 11.4. The lowest BCUT2D eigenvalue weighted by molar-refractivity contribution is -0.132. The Morgan fingerprint density at radius 3 is 2.61 bits per heavy atom. The maximum absolute atomic E-state index is 12.4. The van der Waals surface area contributed by atoms with Crippen molar-refractivity contribution in [2.75, 3.05) is 13.1 Å². The van der Waals surface area contributed by atoms with Crippen LogP contribution in [0.25, 0.3) is 0 Å². The first-order chi connectivity index (χ1) is 8.81. The third-order valence-electron chi connectivity index (χ3n) is 5.06. The average molecular weight is 250 g/mol. The molecule has 3 aliphatic rings. The van der Waals surface area contributed by atoms with E-state index in [2.05, 4.69) is 10.2 Å². The summed E-state index contributed by atoms with van der Waals surface area (Å²) in [6, 6.07) is 1.26. The lowest BCUT2D eigenvalue weighted by Gasteiger charge is -2.28. The van der Waals surface area contributed by atoms with Crippen molar-refractivity contribution < 1.29 is 4.79 Å². The number of amides is 1. The molecule has 3 rings (SSSR count). The fourth-order valence-corrected chi connectivity index (χ4v) is 3.94. The number of carbonyl (C=O) groups is 1. The van der Waals surface area contributed by atoms with Gasteiger partial charge in [0.1, 0.15) is 0 Å². The molecule has 2 unspecified atom stereocenters. The molecule has 0 aromatic heterocycles. The van der Waals surface area contributed by atoms with E-state index >= 15 is 0 Å². The molecule has 18 heavy (non-hydrogen) atoms. The van der Waals surface area contributed by atoms with Gasteiger partial charge in [0.25, 0.3) is 0 Å². The summed E-state index contributed by atoms with van der Waals surface area (Å²) >= 11 is 0. The summed E-state index contributed by atoms with van der Waals surface area (Å²) in [6.45, 7) is 1.95. The quantitative estimate of drug-likeness (QED) is 0.815. The lowest BCUT2D eigenvalue weighted by atomic mass is 9.86. The van der Waals surface area contributed by atoms with Gasteiger partial charge in [0.15, 0.2) is 0 Å². The smallest absolute Gasteiger partial charge is 0.222 e. The monoisotopic (exact) mass is 250 g/mol. The minimum absolute atomic E-state index is 0.427. The summed E-state index contributed by atoms with van der Waals surface area (Å²) in [5.74, 6) is 1.11. The van der Waals surface area contributed by atoms with E-state index in [0.29, 0.717) is 23.9 Å². The summed E-state index contributed by atoms with van der Waals surface area (Å²) < 4.78 is 0. The Morgan fingerprint density at radius 1 is 1.00 bits per heavy atom. The highest BCUT2D eigenvalue weighted by Crippen LogP contribution is 2.28. The van der Waals surface area contributed by atoms with Crippen molar-refractivity contribution in [1.82, 2.24) is 10.2 Å². The molecule has 2 aliphatic heterocycles. The molecule has 3 nitrogen and oxygen atoms in total. The predicted octanol–water partition coefficient (Wildman–Crippen LogP) is 2.31. The van der Waals surface area contributed by atoms with Crippen molar-refractivity contribution in [3.05, 3.63) is 0 Å². The van der Waals surface area contributed by atoms with Crippen LogP contribution >= 0.6 is 0 Å². The highest BCUT2D eigenvalue weighted by Gasteiger charge is 2.31. The minimum Gasteiger partial charge on any atom is -0.341 e. The molecule has 2 heterocycles. The molecular formula is C15H26N2O.